The van der Waals surface area contributed by atoms with Crippen LogP contribution in [0.3, 0.4) is 0 Å². The van der Waals surface area contributed by atoms with Gasteiger partial charge < -0.3 is 9.52 Å². The van der Waals surface area contributed by atoms with Crippen molar-refractivity contribution in [3.8, 4) is 10.6 Å². The first kappa shape index (κ1) is 17.7. The zero-order valence-corrected chi connectivity index (χ0v) is 15.9. The summed E-state index contributed by atoms with van der Waals surface area (Å²) < 4.78 is 5.35. The van der Waals surface area contributed by atoms with Gasteiger partial charge in [0.25, 0.3) is 0 Å². The molecule has 0 saturated carbocycles. The Morgan fingerprint density at radius 1 is 1.36 bits per heavy atom. The van der Waals surface area contributed by atoms with Crippen molar-refractivity contribution in [3.05, 3.63) is 24.4 Å². The first-order chi connectivity index (χ1) is 11.8. The maximum absolute atomic E-state index is 11.6. The van der Waals surface area contributed by atoms with E-state index in [1.807, 2.05) is 27.0 Å². The summed E-state index contributed by atoms with van der Waals surface area (Å²) >= 11 is 2.95. The van der Waals surface area contributed by atoms with E-state index in [1.165, 1.54) is 34.3 Å². The van der Waals surface area contributed by atoms with Crippen LogP contribution >= 0.6 is 23.1 Å². The molecule has 0 fully saturated rings. The summed E-state index contributed by atoms with van der Waals surface area (Å²) in [7, 11) is 0. The summed E-state index contributed by atoms with van der Waals surface area (Å²) in [6.45, 7) is 5.80. The fraction of sp³-hybridized carbons (Fsp3) is 0.375. The largest absolute Gasteiger partial charge is 0.472 e. The summed E-state index contributed by atoms with van der Waals surface area (Å²) in [6, 6.07) is 0. The van der Waals surface area contributed by atoms with Crippen molar-refractivity contribution in [1.82, 2.24) is 19.9 Å². The van der Waals surface area contributed by atoms with Crippen LogP contribution in [0.1, 0.15) is 26.3 Å². The molecule has 0 bridgehead atoms. The van der Waals surface area contributed by atoms with E-state index in [0.717, 1.165) is 31.5 Å². The third-order valence-electron chi connectivity index (χ3n) is 3.70. The van der Waals surface area contributed by atoms with Crippen molar-refractivity contribution < 1.29 is 14.3 Å². The zero-order valence-electron chi connectivity index (χ0n) is 14.3. The summed E-state index contributed by atoms with van der Waals surface area (Å²) in [5.41, 5.74) is 1.79. The molecule has 0 unspecified atom stereocenters. The van der Waals surface area contributed by atoms with E-state index in [-0.39, 0.29) is 6.54 Å². The molecule has 0 atom stereocenters. The molecule has 3 aromatic heterocycles. The van der Waals surface area contributed by atoms with Crippen molar-refractivity contribution in [2.24, 2.45) is 0 Å². The molecule has 3 heterocycles. The Balaban J connectivity index is 2.01. The number of carboxylic acid groups (broad SMARTS) is 1. The first-order valence-corrected chi connectivity index (χ1v) is 9.57. The van der Waals surface area contributed by atoms with E-state index >= 15 is 0 Å². The van der Waals surface area contributed by atoms with Crippen molar-refractivity contribution in [2.75, 3.05) is 6.26 Å². The van der Waals surface area contributed by atoms with Crippen LogP contribution in [-0.2, 0) is 6.54 Å². The van der Waals surface area contributed by atoms with E-state index in [2.05, 4.69) is 15.0 Å². The molecule has 0 saturated heterocycles. The van der Waals surface area contributed by atoms with E-state index in [4.69, 9.17) is 4.42 Å². The number of hydrogen-bond acceptors (Lipinski definition) is 7. The number of aromatic nitrogens is 3. The maximum Gasteiger partial charge on any atom is 0.408 e. The molecule has 25 heavy (non-hydrogen) atoms. The molecule has 0 radical (unpaired) electrons. The Bertz CT molecular complexity index is 914. The van der Waals surface area contributed by atoms with Gasteiger partial charge in [-0.2, -0.15) is 0 Å². The number of thioether (sulfide) groups is 1. The fourth-order valence-corrected chi connectivity index (χ4v) is 3.89. The molecule has 0 aliphatic heterocycles. The number of carbonyl (C=O) groups is 1. The third kappa shape index (κ3) is 3.47. The van der Waals surface area contributed by atoms with Crippen LogP contribution in [-0.4, -0.2) is 42.8 Å². The van der Waals surface area contributed by atoms with Gasteiger partial charge in [-0.3, -0.25) is 4.90 Å². The molecule has 1 N–H and O–H groups in total. The van der Waals surface area contributed by atoms with Gasteiger partial charge in [0.05, 0.1) is 18.4 Å². The number of furan rings is 1. The highest BCUT2D eigenvalue weighted by Crippen LogP contribution is 2.35. The molecule has 132 valence electrons. The van der Waals surface area contributed by atoms with Gasteiger partial charge in [0.2, 0.25) is 0 Å². The van der Waals surface area contributed by atoms with Gasteiger partial charge in [-0.25, -0.2) is 19.7 Å². The average molecular weight is 378 g/mol. The minimum atomic E-state index is -0.973. The van der Waals surface area contributed by atoms with E-state index in [1.54, 1.807) is 12.5 Å². The smallest absolute Gasteiger partial charge is 0.408 e. The summed E-state index contributed by atoms with van der Waals surface area (Å²) in [5.74, 6) is 0. The highest BCUT2D eigenvalue weighted by atomic mass is 32.2. The lowest BCUT2D eigenvalue weighted by atomic mass is 10.1. The van der Waals surface area contributed by atoms with Crippen molar-refractivity contribution >= 4 is 39.5 Å². The minimum absolute atomic E-state index is 0.224. The SMILES string of the molecule is CSc1ncnc2sc(-c3cocc3CN(C(=O)O)C(C)(C)C)nc12. The van der Waals surface area contributed by atoms with Crippen LogP contribution in [0, 0.1) is 0 Å². The first-order valence-electron chi connectivity index (χ1n) is 7.52. The second-order valence-corrected chi connectivity index (χ2v) is 8.18. The van der Waals surface area contributed by atoms with Gasteiger partial charge in [0.15, 0.2) is 0 Å². The second kappa shape index (κ2) is 6.64. The van der Waals surface area contributed by atoms with Crippen molar-refractivity contribution in [1.29, 1.82) is 0 Å². The Kier molecular flexibility index (Phi) is 4.70. The van der Waals surface area contributed by atoms with E-state index < -0.39 is 11.6 Å². The van der Waals surface area contributed by atoms with Gasteiger partial charge in [-0.1, -0.05) is 11.3 Å². The Labute approximate surface area is 153 Å². The molecule has 0 aliphatic carbocycles. The summed E-state index contributed by atoms with van der Waals surface area (Å²) in [4.78, 5) is 26.9. The predicted molar refractivity (Wildman–Crippen MR) is 98.0 cm³/mol. The molecule has 3 aromatic rings. The molecular formula is C16H18N4O3S2. The lowest BCUT2D eigenvalue weighted by Gasteiger charge is -2.33. The zero-order chi connectivity index (χ0) is 18.2. The molecule has 7 nitrogen and oxygen atoms in total. The number of fused-ring (bicyclic) bond motifs is 1. The van der Waals surface area contributed by atoms with Crippen LogP contribution < -0.4 is 0 Å². The van der Waals surface area contributed by atoms with E-state index in [0.29, 0.717) is 0 Å². The number of thiazole rings is 1. The van der Waals surface area contributed by atoms with Crippen molar-refractivity contribution in [3.63, 3.8) is 0 Å². The van der Waals surface area contributed by atoms with Crippen molar-refractivity contribution in [2.45, 2.75) is 37.9 Å². The summed E-state index contributed by atoms with van der Waals surface area (Å²) in [5, 5.41) is 11.1. The molecule has 3 rings (SSSR count). The minimum Gasteiger partial charge on any atom is -0.472 e. The molecule has 0 aliphatic rings. The van der Waals surface area contributed by atoms with Gasteiger partial charge >= 0.3 is 6.09 Å². The number of nitrogens with zero attached hydrogens (tertiary/aromatic N) is 4. The summed E-state index contributed by atoms with van der Waals surface area (Å²) in [6.07, 6.45) is 5.67. The highest BCUT2D eigenvalue weighted by molar-refractivity contribution is 7.98. The third-order valence-corrected chi connectivity index (χ3v) is 5.38. The molecule has 9 heteroatoms. The molecule has 0 spiro atoms. The quantitative estimate of drug-likeness (QED) is 0.533. The van der Waals surface area contributed by atoms with Crippen LogP contribution in [0.25, 0.3) is 20.9 Å². The highest BCUT2D eigenvalue weighted by Gasteiger charge is 2.28. The van der Waals surface area contributed by atoms with Gasteiger partial charge in [-0.15, -0.1) is 11.8 Å². The maximum atomic E-state index is 11.6. The van der Waals surface area contributed by atoms with Gasteiger partial charge in [-0.05, 0) is 27.0 Å². The van der Waals surface area contributed by atoms with Crippen LogP contribution in [0.5, 0.6) is 0 Å². The normalized spacial score (nSPS) is 11.8. The molecular weight excluding hydrogens is 360 g/mol. The molecule has 0 aromatic carbocycles. The number of rotatable bonds is 4. The number of hydrogen-bond donors (Lipinski definition) is 1. The number of amides is 1. The van der Waals surface area contributed by atoms with Crippen LogP contribution in [0.15, 0.2) is 28.3 Å². The second-order valence-electron chi connectivity index (χ2n) is 6.41. The van der Waals surface area contributed by atoms with Gasteiger partial charge in [0, 0.05) is 11.1 Å². The lowest BCUT2D eigenvalue weighted by molar-refractivity contribution is 0.0955. The standard InChI is InChI=1S/C16H18N4O3S2/c1-16(2,3)20(15(21)22)5-9-6-23-7-10(9)12-19-11-13(24-4)17-8-18-14(11)25-12/h6-8H,5H2,1-4H3,(H,21,22). The lowest BCUT2D eigenvalue weighted by Crippen LogP contribution is -2.44. The Morgan fingerprint density at radius 3 is 2.76 bits per heavy atom. The monoisotopic (exact) mass is 378 g/mol. The van der Waals surface area contributed by atoms with E-state index in [9.17, 15) is 9.90 Å². The van der Waals surface area contributed by atoms with Crippen LogP contribution in [0.4, 0.5) is 4.79 Å². The Morgan fingerprint density at radius 2 is 2.12 bits per heavy atom. The topological polar surface area (TPSA) is 92.4 Å². The predicted octanol–water partition coefficient (Wildman–Crippen LogP) is 4.35. The fourth-order valence-electron chi connectivity index (χ4n) is 2.39. The molecule has 1 amide bonds. The van der Waals surface area contributed by atoms with Crippen LogP contribution in [0.2, 0.25) is 0 Å². The van der Waals surface area contributed by atoms with Gasteiger partial charge in [0.1, 0.15) is 33.0 Å². The Hall–Kier alpha value is -2.13. The average Bonchev–Trinajstić information content (AvgIpc) is 3.16.